The largest absolute Gasteiger partial charge is 0.382 e. The topological polar surface area (TPSA) is 78.9 Å². The molecule has 1 saturated heterocycles. The van der Waals surface area contributed by atoms with Gasteiger partial charge in [0.1, 0.15) is 11.5 Å². The van der Waals surface area contributed by atoms with Gasteiger partial charge in [-0.3, -0.25) is 5.41 Å². The molecule has 5 heteroatoms. The van der Waals surface area contributed by atoms with E-state index in [1.54, 1.807) is 6.07 Å². The molecule has 0 aromatic carbocycles. The van der Waals surface area contributed by atoms with Crippen molar-refractivity contribution in [2.75, 3.05) is 18.0 Å². The van der Waals surface area contributed by atoms with Crippen LogP contribution in [0.25, 0.3) is 0 Å². The van der Waals surface area contributed by atoms with Gasteiger partial charge < -0.3 is 10.6 Å². The third kappa shape index (κ3) is 2.69. The van der Waals surface area contributed by atoms with Gasteiger partial charge in [-0.15, -0.1) is 0 Å². The SMILES string of the molecule is CCC1(CC)CCN(c2nc(C)cc(C(=N)N)n2)C1. The molecular formula is C14H23N5. The second kappa shape index (κ2) is 5.15. The number of aromatic nitrogens is 2. The van der Waals surface area contributed by atoms with Crippen LogP contribution in [-0.2, 0) is 0 Å². The van der Waals surface area contributed by atoms with Gasteiger partial charge in [0.15, 0.2) is 0 Å². The maximum Gasteiger partial charge on any atom is 0.226 e. The summed E-state index contributed by atoms with van der Waals surface area (Å²) in [5.41, 5.74) is 7.31. The van der Waals surface area contributed by atoms with Crippen LogP contribution in [0.15, 0.2) is 6.07 Å². The highest BCUT2D eigenvalue weighted by Gasteiger charge is 2.36. The fraction of sp³-hybridized carbons (Fsp3) is 0.643. The average Bonchev–Trinajstić information content (AvgIpc) is 2.83. The van der Waals surface area contributed by atoms with Crippen molar-refractivity contribution in [1.82, 2.24) is 9.97 Å². The quantitative estimate of drug-likeness (QED) is 0.642. The van der Waals surface area contributed by atoms with Crippen molar-refractivity contribution in [2.45, 2.75) is 40.0 Å². The van der Waals surface area contributed by atoms with E-state index >= 15 is 0 Å². The predicted molar refractivity (Wildman–Crippen MR) is 77.6 cm³/mol. The second-order valence-corrected chi connectivity index (χ2v) is 5.49. The molecule has 0 unspecified atom stereocenters. The van der Waals surface area contributed by atoms with Crippen molar-refractivity contribution in [3.8, 4) is 0 Å². The number of aryl methyl sites for hydroxylation is 1. The lowest BCUT2D eigenvalue weighted by molar-refractivity contribution is 0.301. The van der Waals surface area contributed by atoms with E-state index in [1.807, 2.05) is 6.92 Å². The first-order valence-corrected chi connectivity index (χ1v) is 6.94. The smallest absolute Gasteiger partial charge is 0.226 e. The Kier molecular flexibility index (Phi) is 3.73. The first-order valence-electron chi connectivity index (χ1n) is 6.94. The molecule has 1 aliphatic heterocycles. The molecule has 104 valence electrons. The van der Waals surface area contributed by atoms with E-state index in [-0.39, 0.29) is 5.84 Å². The number of hydrogen-bond donors (Lipinski definition) is 2. The van der Waals surface area contributed by atoms with E-state index in [9.17, 15) is 0 Å². The number of nitrogens with two attached hydrogens (primary N) is 1. The third-order valence-electron chi connectivity index (χ3n) is 4.34. The Morgan fingerprint density at radius 2 is 2.11 bits per heavy atom. The Bertz CT molecular complexity index is 479. The molecule has 5 nitrogen and oxygen atoms in total. The summed E-state index contributed by atoms with van der Waals surface area (Å²) in [6, 6.07) is 1.76. The lowest BCUT2D eigenvalue weighted by Gasteiger charge is -2.26. The standard InChI is InChI=1S/C14H23N5/c1-4-14(5-2)6-7-19(9-14)13-17-10(3)8-11(18-13)12(15)16/h8H,4-7,9H2,1-3H3,(H3,15,16). The van der Waals surface area contributed by atoms with Gasteiger partial charge in [0.25, 0.3) is 0 Å². The van der Waals surface area contributed by atoms with Crippen molar-refractivity contribution in [2.24, 2.45) is 11.1 Å². The van der Waals surface area contributed by atoms with E-state index in [0.717, 1.165) is 18.8 Å². The molecule has 0 amide bonds. The summed E-state index contributed by atoms with van der Waals surface area (Å²) in [6.07, 6.45) is 3.56. The Labute approximate surface area is 114 Å². The lowest BCUT2D eigenvalue weighted by Crippen LogP contribution is -2.28. The summed E-state index contributed by atoms with van der Waals surface area (Å²) in [5.74, 6) is 0.720. The van der Waals surface area contributed by atoms with Crippen LogP contribution < -0.4 is 10.6 Å². The Morgan fingerprint density at radius 1 is 1.42 bits per heavy atom. The van der Waals surface area contributed by atoms with Crippen LogP contribution in [0.3, 0.4) is 0 Å². The predicted octanol–water partition coefficient (Wildman–Crippen LogP) is 2.09. The minimum atomic E-state index is 0.00296. The number of nitrogen functional groups attached to an aromatic ring is 1. The van der Waals surface area contributed by atoms with Crippen molar-refractivity contribution >= 4 is 11.8 Å². The minimum Gasteiger partial charge on any atom is -0.382 e. The van der Waals surface area contributed by atoms with Gasteiger partial charge in [-0.2, -0.15) is 0 Å². The summed E-state index contributed by atoms with van der Waals surface area (Å²) in [6.45, 7) is 8.42. The van der Waals surface area contributed by atoms with Crippen LogP contribution in [0, 0.1) is 17.7 Å². The van der Waals surface area contributed by atoms with Crippen LogP contribution >= 0.6 is 0 Å². The second-order valence-electron chi connectivity index (χ2n) is 5.49. The third-order valence-corrected chi connectivity index (χ3v) is 4.34. The molecule has 3 N–H and O–H groups in total. The average molecular weight is 261 g/mol. The van der Waals surface area contributed by atoms with E-state index in [1.165, 1.54) is 19.3 Å². The molecule has 1 aliphatic rings. The molecule has 0 bridgehead atoms. The zero-order chi connectivity index (χ0) is 14.0. The fourth-order valence-electron chi connectivity index (χ4n) is 2.77. The van der Waals surface area contributed by atoms with Gasteiger partial charge in [0, 0.05) is 18.8 Å². The molecule has 0 atom stereocenters. The molecule has 0 aliphatic carbocycles. The van der Waals surface area contributed by atoms with Crippen LogP contribution in [0.1, 0.15) is 44.5 Å². The normalized spacial score (nSPS) is 17.7. The maximum atomic E-state index is 7.52. The van der Waals surface area contributed by atoms with E-state index in [4.69, 9.17) is 11.1 Å². The van der Waals surface area contributed by atoms with Gasteiger partial charge >= 0.3 is 0 Å². The zero-order valence-corrected chi connectivity index (χ0v) is 12.0. The summed E-state index contributed by atoms with van der Waals surface area (Å²) < 4.78 is 0. The van der Waals surface area contributed by atoms with E-state index < -0.39 is 0 Å². The van der Waals surface area contributed by atoms with Gasteiger partial charge in [0.05, 0.1) is 0 Å². The van der Waals surface area contributed by atoms with Crippen LogP contribution in [0.4, 0.5) is 5.95 Å². The monoisotopic (exact) mass is 261 g/mol. The first-order chi connectivity index (χ1) is 8.99. The van der Waals surface area contributed by atoms with E-state index in [0.29, 0.717) is 17.1 Å². The molecule has 1 aromatic rings. The van der Waals surface area contributed by atoms with Crippen LogP contribution in [0.5, 0.6) is 0 Å². The highest BCUT2D eigenvalue weighted by molar-refractivity contribution is 5.93. The number of nitrogens with zero attached hydrogens (tertiary/aromatic N) is 3. The summed E-state index contributed by atoms with van der Waals surface area (Å²) in [5, 5.41) is 7.52. The fourth-order valence-corrected chi connectivity index (χ4v) is 2.77. The van der Waals surface area contributed by atoms with Crippen LogP contribution in [-0.4, -0.2) is 28.9 Å². The molecule has 19 heavy (non-hydrogen) atoms. The Morgan fingerprint density at radius 3 is 2.63 bits per heavy atom. The number of nitrogens with one attached hydrogen (secondary N) is 1. The number of hydrogen-bond acceptors (Lipinski definition) is 4. The van der Waals surface area contributed by atoms with E-state index in [2.05, 4.69) is 28.7 Å². The van der Waals surface area contributed by atoms with Crippen molar-refractivity contribution in [1.29, 1.82) is 5.41 Å². The summed E-state index contributed by atoms with van der Waals surface area (Å²) in [7, 11) is 0. The highest BCUT2D eigenvalue weighted by atomic mass is 15.3. The Hall–Kier alpha value is -1.65. The van der Waals surface area contributed by atoms with Gasteiger partial charge in [-0.1, -0.05) is 13.8 Å². The van der Waals surface area contributed by atoms with Gasteiger partial charge in [-0.25, -0.2) is 9.97 Å². The Balaban J connectivity index is 2.26. The van der Waals surface area contributed by atoms with Gasteiger partial charge in [-0.05, 0) is 37.7 Å². The molecular weight excluding hydrogens is 238 g/mol. The molecule has 0 spiro atoms. The molecule has 2 heterocycles. The molecule has 1 fully saturated rings. The van der Waals surface area contributed by atoms with Crippen molar-refractivity contribution < 1.29 is 0 Å². The minimum absolute atomic E-state index is 0.00296. The maximum absolute atomic E-state index is 7.52. The van der Waals surface area contributed by atoms with Crippen LogP contribution in [0.2, 0.25) is 0 Å². The highest BCUT2D eigenvalue weighted by Crippen LogP contribution is 2.38. The summed E-state index contributed by atoms with van der Waals surface area (Å²) >= 11 is 0. The molecule has 0 radical (unpaired) electrons. The number of anilines is 1. The number of amidine groups is 1. The zero-order valence-electron chi connectivity index (χ0n) is 12.0. The van der Waals surface area contributed by atoms with Crippen molar-refractivity contribution in [3.63, 3.8) is 0 Å². The molecule has 0 saturated carbocycles. The summed E-state index contributed by atoms with van der Waals surface area (Å²) in [4.78, 5) is 11.1. The molecule has 1 aromatic heterocycles. The number of rotatable bonds is 4. The first kappa shape index (κ1) is 13.8. The van der Waals surface area contributed by atoms with Crippen molar-refractivity contribution in [3.05, 3.63) is 17.5 Å². The molecule has 2 rings (SSSR count). The van der Waals surface area contributed by atoms with Gasteiger partial charge in [0.2, 0.25) is 5.95 Å². The lowest BCUT2D eigenvalue weighted by atomic mass is 9.82.